The van der Waals surface area contributed by atoms with Crippen molar-refractivity contribution in [3.8, 4) is 0 Å². The van der Waals surface area contributed by atoms with Crippen LogP contribution in [0.1, 0.15) is 23.3 Å². The van der Waals surface area contributed by atoms with E-state index < -0.39 is 23.8 Å². The Morgan fingerprint density at radius 1 is 1.50 bits per heavy atom. The van der Waals surface area contributed by atoms with Gasteiger partial charge in [0, 0.05) is 19.6 Å². The summed E-state index contributed by atoms with van der Waals surface area (Å²) in [5.74, 6) is -0.527. The van der Waals surface area contributed by atoms with Gasteiger partial charge in [0.05, 0.1) is 6.61 Å². The highest BCUT2D eigenvalue weighted by molar-refractivity contribution is 5.82. The Hall–Kier alpha value is -2.32. The van der Waals surface area contributed by atoms with Crippen LogP contribution in [0.25, 0.3) is 0 Å². The highest BCUT2D eigenvalue weighted by Crippen LogP contribution is 2.22. The third-order valence-corrected chi connectivity index (χ3v) is 2.99. The number of ether oxygens (including phenoxy) is 1. The lowest BCUT2D eigenvalue weighted by molar-refractivity contribution is -0.124. The molecule has 1 aromatic heterocycles. The molecule has 0 saturated carbocycles. The number of methoxy groups -OCH3 is 1. The molecule has 0 radical (unpaired) electrons. The van der Waals surface area contributed by atoms with E-state index in [0.29, 0.717) is 5.89 Å². The second kappa shape index (κ2) is 7.10. The van der Waals surface area contributed by atoms with Gasteiger partial charge in [0.15, 0.2) is 5.82 Å². The Morgan fingerprint density at radius 2 is 2.23 bits per heavy atom. The largest absolute Gasteiger partial charge is 0.383 e. The van der Waals surface area contributed by atoms with Crippen molar-refractivity contribution in [3.63, 3.8) is 0 Å². The van der Waals surface area contributed by atoms with Crippen LogP contribution in [0.4, 0.5) is 4.39 Å². The maximum absolute atomic E-state index is 14.0. The predicted molar refractivity (Wildman–Crippen MR) is 75.3 cm³/mol. The molecule has 8 heteroatoms. The van der Waals surface area contributed by atoms with Gasteiger partial charge in [-0.15, -0.1) is 0 Å². The summed E-state index contributed by atoms with van der Waals surface area (Å²) in [6.07, 6.45) is 0. The van der Waals surface area contributed by atoms with Crippen molar-refractivity contribution in [2.24, 2.45) is 5.73 Å². The number of aromatic nitrogens is 2. The summed E-state index contributed by atoms with van der Waals surface area (Å²) in [5.41, 5.74) is 5.90. The molecule has 0 aliphatic carbocycles. The van der Waals surface area contributed by atoms with Crippen molar-refractivity contribution >= 4 is 5.91 Å². The number of amides is 1. The van der Waals surface area contributed by atoms with Crippen LogP contribution in [0.5, 0.6) is 0 Å². The van der Waals surface area contributed by atoms with E-state index in [1.54, 1.807) is 19.1 Å². The first-order valence-corrected chi connectivity index (χ1v) is 6.62. The van der Waals surface area contributed by atoms with Crippen LogP contribution in [0.2, 0.25) is 0 Å². The van der Waals surface area contributed by atoms with Gasteiger partial charge in [0.1, 0.15) is 17.9 Å². The number of halogens is 1. The van der Waals surface area contributed by atoms with Gasteiger partial charge in [-0.1, -0.05) is 23.4 Å². The van der Waals surface area contributed by atoms with Gasteiger partial charge < -0.3 is 20.3 Å². The number of rotatable bonds is 6. The number of nitrogens with one attached hydrogen (secondary N) is 1. The molecule has 7 nitrogen and oxygen atoms in total. The van der Waals surface area contributed by atoms with Gasteiger partial charge in [-0.2, -0.15) is 4.98 Å². The average Bonchev–Trinajstić information content (AvgIpc) is 2.92. The van der Waals surface area contributed by atoms with E-state index in [4.69, 9.17) is 15.0 Å². The van der Waals surface area contributed by atoms with E-state index in [2.05, 4.69) is 15.5 Å². The van der Waals surface area contributed by atoms with Crippen molar-refractivity contribution < 1.29 is 18.4 Å². The van der Waals surface area contributed by atoms with Crippen molar-refractivity contribution in [1.29, 1.82) is 0 Å². The van der Waals surface area contributed by atoms with E-state index in [9.17, 15) is 9.18 Å². The smallest absolute Gasteiger partial charge is 0.240 e. The van der Waals surface area contributed by atoms with E-state index in [1.807, 2.05) is 0 Å². The Bertz CT molecular complexity index is 647. The van der Waals surface area contributed by atoms with Gasteiger partial charge in [-0.3, -0.25) is 4.79 Å². The number of aryl methyl sites for hydroxylation is 1. The number of benzene rings is 1. The molecule has 3 N–H and O–H groups in total. The molecule has 0 aliphatic rings. The van der Waals surface area contributed by atoms with Gasteiger partial charge in [-0.05, 0) is 6.07 Å². The average molecular weight is 308 g/mol. The fourth-order valence-corrected chi connectivity index (χ4v) is 1.93. The van der Waals surface area contributed by atoms with Crippen LogP contribution in [0.3, 0.4) is 0 Å². The van der Waals surface area contributed by atoms with E-state index in [0.717, 1.165) is 0 Å². The van der Waals surface area contributed by atoms with Crippen LogP contribution in [0, 0.1) is 12.7 Å². The molecule has 0 bridgehead atoms. The topological polar surface area (TPSA) is 103 Å². The van der Waals surface area contributed by atoms with Gasteiger partial charge in [0.25, 0.3) is 0 Å². The zero-order valence-electron chi connectivity index (χ0n) is 12.2. The Morgan fingerprint density at radius 3 is 2.82 bits per heavy atom. The molecular weight excluding hydrogens is 291 g/mol. The molecule has 1 heterocycles. The Balaban J connectivity index is 2.31. The lowest BCUT2D eigenvalue weighted by Gasteiger charge is -2.19. The quantitative estimate of drug-likeness (QED) is 0.814. The molecule has 0 fully saturated rings. The number of carbonyl (C=O) groups is 1. The highest BCUT2D eigenvalue weighted by Gasteiger charge is 2.26. The van der Waals surface area contributed by atoms with Gasteiger partial charge >= 0.3 is 0 Å². The summed E-state index contributed by atoms with van der Waals surface area (Å²) in [5, 5.41) is 6.37. The third-order valence-electron chi connectivity index (χ3n) is 2.99. The first-order chi connectivity index (χ1) is 10.5. The van der Waals surface area contributed by atoms with Crippen molar-refractivity contribution in [3.05, 3.63) is 47.4 Å². The minimum atomic E-state index is -0.894. The lowest BCUT2D eigenvalue weighted by Crippen LogP contribution is -2.45. The maximum atomic E-state index is 14.0. The summed E-state index contributed by atoms with van der Waals surface area (Å²) >= 11 is 0. The van der Waals surface area contributed by atoms with Crippen LogP contribution in [-0.2, 0) is 9.53 Å². The first-order valence-electron chi connectivity index (χ1n) is 6.62. The molecule has 1 amide bonds. The highest BCUT2D eigenvalue weighted by atomic mass is 19.1. The molecule has 1 aromatic carbocycles. The Labute approximate surface area is 126 Å². The first kappa shape index (κ1) is 16.1. The third kappa shape index (κ3) is 3.66. The summed E-state index contributed by atoms with van der Waals surface area (Å²) in [6.45, 7) is 1.65. The van der Waals surface area contributed by atoms with Crippen LogP contribution >= 0.6 is 0 Å². The molecule has 118 valence electrons. The second-order valence-corrected chi connectivity index (χ2v) is 4.70. The van der Waals surface area contributed by atoms with Crippen molar-refractivity contribution in [1.82, 2.24) is 15.5 Å². The van der Waals surface area contributed by atoms with Crippen LogP contribution < -0.4 is 11.1 Å². The van der Waals surface area contributed by atoms with Gasteiger partial charge in [0.2, 0.25) is 11.8 Å². The van der Waals surface area contributed by atoms with E-state index in [1.165, 1.54) is 19.2 Å². The zero-order chi connectivity index (χ0) is 16.1. The van der Waals surface area contributed by atoms with Crippen LogP contribution in [-0.4, -0.2) is 35.8 Å². The minimum Gasteiger partial charge on any atom is -0.383 e. The molecule has 22 heavy (non-hydrogen) atoms. The molecule has 2 unspecified atom stereocenters. The molecule has 2 aromatic rings. The molecular formula is C14H17FN4O3. The second-order valence-electron chi connectivity index (χ2n) is 4.70. The molecule has 0 saturated heterocycles. The number of nitrogens with zero attached hydrogens (tertiary/aromatic N) is 2. The number of hydrogen-bond donors (Lipinski definition) is 2. The summed E-state index contributed by atoms with van der Waals surface area (Å²) in [6, 6.07) is 4.25. The van der Waals surface area contributed by atoms with Gasteiger partial charge in [-0.25, -0.2) is 4.39 Å². The number of hydrogen-bond acceptors (Lipinski definition) is 6. The maximum Gasteiger partial charge on any atom is 0.240 e. The SMILES string of the molecule is COCC(N)C(=O)NC(c1noc(C)n1)c1ccccc1F. The van der Waals surface area contributed by atoms with Crippen molar-refractivity contribution in [2.45, 2.75) is 19.0 Å². The normalized spacial score (nSPS) is 13.6. The minimum absolute atomic E-state index is 0.0428. The molecule has 0 aliphatic heterocycles. The summed E-state index contributed by atoms with van der Waals surface area (Å²) in [4.78, 5) is 16.1. The molecule has 2 atom stereocenters. The number of nitrogens with two attached hydrogens (primary N) is 1. The van der Waals surface area contributed by atoms with Crippen LogP contribution in [0.15, 0.2) is 28.8 Å². The zero-order valence-corrected chi connectivity index (χ0v) is 12.2. The Kier molecular flexibility index (Phi) is 5.18. The fourth-order valence-electron chi connectivity index (χ4n) is 1.93. The molecule has 2 rings (SSSR count). The lowest BCUT2D eigenvalue weighted by atomic mass is 10.1. The summed E-state index contributed by atoms with van der Waals surface area (Å²) < 4.78 is 23.8. The van der Waals surface area contributed by atoms with E-state index in [-0.39, 0.29) is 18.0 Å². The fraction of sp³-hybridized carbons (Fsp3) is 0.357. The van der Waals surface area contributed by atoms with E-state index >= 15 is 0 Å². The predicted octanol–water partition coefficient (Wildman–Crippen LogP) is 0.696. The standard InChI is InChI=1S/C14H17FN4O3/c1-8-17-13(19-22-8)12(9-5-3-4-6-10(9)15)18-14(20)11(16)7-21-2/h3-6,11-12H,7,16H2,1-2H3,(H,18,20). The monoisotopic (exact) mass is 308 g/mol. The number of carbonyl (C=O) groups excluding carboxylic acids is 1. The summed E-state index contributed by atoms with van der Waals surface area (Å²) in [7, 11) is 1.43. The van der Waals surface area contributed by atoms with Crippen molar-refractivity contribution in [2.75, 3.05) is 13.7 Å². The molecule has 0 spiro atoms.